The Morgan fingerprint density at radius 2 is 1.96 bits per heavy atom. The first-order valence-corrected chi connectivity index (χ1v) is 8.59. The van der Waals surface area contributed by atoms with Crippen molar-refractivity contribution in [1.29, 1.82) is 0 Å². The lowest BCUT2D eigenvalue weighted by molar-refractivity contribution is 0.102. The van der Waals surface area contributed by atoms with E-state index in [0.717, 1.165) is 28.2 Å². The molecule has 6 nitrogen and oxygen atoms in total. The molecule has 0 unspecified atom stereocenters. The highest BCUT2D eigenvalue weighted by atomic mass is 32.1. The van der Waals surface area contributed by atoms with Gasteiger partial charge in [0.15, 0.2) is 5.13 Å². The number of aromatic nitrogens is 3. The van der Waals surface area contributed by atoms with Gasteiger partial charge in [-0.25, -0.2) is 9.97 Å². The van der Waals surface area contributed by atoms with Crippen LogP contribution in [0.4, 0.5) is 5.13 Å². The molecule has 0 aliphatic heterocycles. The molecule has 0 spiro atoms. The first-order valence-electron chi connectivity index (χ1n) is 7.71. The minimum absolute atomic E-state index is 0.283. The number of aryl methyl sites for hydroxylation is 2. The van der Waals surface area contributed by atoms with E-state index in [4.69, 9.17) is 4.74 Å². The summed E-state index contributed by atoms with van der Waals surface area (Å²) in [5.41, 5.74) is 4.77. The van der Waals surface area contributed by atoms with Gasteiger partial charge in [-0.15, -0.1) is 11.3 Å². The first kappa shape index (κ1) is 17.2. The molecule has 1 amide bonds. The summed E-state index contributed by atoms with van der Waals surface area (Å²) in [6.07, 6.45) is 1.76. The van der Waals surface area contributed by atoms with Gasteiger partial charge in [0.05, 0.1) is 12.3 Å². The van der Waals surface area contributed by atoms with E-state index >= 15 is 0 Å². The maximum absolute atomic E-state index is 12.5. The number of anilines is 1. The summed E-state index contributed by atoms with van der Waals surface area (Å²) in [6, 6.07) is 7.63. The van der Waals surface area contributed by atoms with Gasteiger partial charge < -0.3 is 4.74 Å². The van der Waals surface area contributed by atoms with Crippen LogP contribution in [0.15, 0.2) is 35.8 Å². The van der Waals surface area contributed by atoms with Crippen molar-refractivity contribution >= 4 is 22.4 Å². The van der Waals surface area contributed by atoms with E-state index < -0.39 is 0 Å². The maximum atomic E-state index is 12.5. The quantitative estimate of drug-likeness (QED) is 0.757. The van der Waals surface area contributed by atoms with E-state index in [0.29, 0.717) is 17.4 Å². The number of carbonyl (C=O) groups excluding carboxylic acids is 1. The molecule has 3 aromatic rings. The molecule has 0 aromatic carbocycles. The van der Waals surface area contributed by atoms with Crippen LogP contribution in [-0.4, -0.2) is 28.0 Å². The molecule has 3 aromatic heterocycles. The van der Waals surface area contributed by atoms with Gasteiger partial charge in [-0.3, -0.25) is 15.1 Å². The SMILES string of the molecule is COCc1csc(NC(=O)c2cc(-c3ccnc(C)c3)cc(C)n2)n1. The summed E-state index contributed by atoms with van der Waals surface area (Å²) in [7, 11) is 1.61. The molecule has 3 heterocycles. The van der Waals surface area contributed by atoms with Crippen molar-refractivity contribution < 1.29 is 9.53 Å². The fraction of sp³-hybridized carbons (Fsp3) is 0.222. The lowest BCUT2D eigenvalue weighted by Crippen LogP contribution is -2.14. The van der Waals surface area contributed by atoms with Crippen LogP contribution in [0.5, 0.6) is 0 Å². The van der Waals surface area contributed by atoms with E-state index in [2.05, 4.69) is 20.3 Å². The van der Waals surface area contributed by atoms with Crippen molar-refractivity contribution in [2.24, 2.45) is 0 Å². The lowest BCUT2D eigenvalue weighted by Gasteiger charge is -2.07. The Morgan fingerprint density at radius 3 is 2.72 bits per heavy atom. The monoisotopic (exact) mass is 354 g/mol. The molecular weight excluding hydrogens is 336 g/mol. The summed E-state index contributed by atoms with van der Waals surface area (Å²) in [5.74, 6) is -0.283. The van der Waals surface area contributed by atoms with Crippen molar-refractivity contribution in [3.63, 3.8) is 0 Å². The number of rotatable bonds is 5. The van der Waals surface area contributed by atoms with Gasteiger partial charge >= 0.3 is 0 Å². The van der Waals surface area contributed by atoms with Crippen LogP contribution in [0.25, 0.3) is 11.1 Å². The van der Waals surface area contributed by atoms with E-state index in [1.807, 2.05) is 37.4 Å². The van der Waals surface area contributed by atoms with Gasteiger partial charge in [-0.1, -0.05) is 0 Å². The third-order valence-corrected chi connectivity index (χ3v) is 4.29. The van der Waals surface area contributed by atoms with Gasteiger partial charge in [-0.05, 0) is 49.2 Å². The van der Waals surface area contributed by atoms with Crippen LogP contribution in [0.2, 0.25) is 0 Å². The molecule has 0 saturated carbocycles. The van der Waals surface area contributed by atoms with Crippen LogP contribution in [0.1, 0.15) is 27.6 Å². The molecule has 3 rings (SSSR count). The zero-order valence-electron chi connectivity index (χ0n) is 14.2. The highest BCUT2D eigenvalue weighted by molar-refractivity contribution is 7.13. The van der Waals surface area contributed by atoms with Crippen LogP contribution < -0.4 is 5.32 Å². The number of nitrogens with one attached hydrogen (secondary N) is 1. The molecule has 0 fully saturated rings. The highest BCUT2D eigenvalue weighted by Gasteiger charge is 2.13. The molecule has 7 heteroatoms. The minimum Gasteiger partial charge on any atom is -0.378 e. The zero-order chi connectivity index (χ0) is 17.8. The average molecular weight is 354 g/mol. The third-order valence-electron chi connectivity index (χ3n) is 3.48. The maximum Gasteiger partial charge on any atom is 0.276 e. The Labute approximate surface area is 149 Å². The molecule has 0 radical (unpaired) electrons. The van der Waals surface area contributed by atoms with E-state index in [-0.39, 0.29) is 5.91 Å². The van der Waals surface area contributed by atoms with E-state index in [9.17, 15) is 4.79 Å². The summed E-state index contributed by atoms with van der Waals surface area (Å²) < 4.78 is 5.03. The Morgan fingerprint density at radius 1 is 1.16 bits per heavy atom. The van der Waals surface area contributed by atoms with Gasteiger partial charge in [0.1, 0.15) is 5.69 Å². The largest absolute Gasteiger partial charge is 0.378 e. The summed E-state index contributed by atoms with van der Waals surface area (Å²) in [6.45, 7) is 4.22. The first-order chi connectivity index (χ1) is 12.0. The Bertz CT molecular complexity index is 908. The van der Waals surface area contributed by atoms with Crippen LogP contribution in [-0.2, 0) is 11.3 Å². The predicted molar refractivity (Wildman–Crippen MR) is 97.7 cm³/mol. The van der Waals surface area contributed by atoms with E-state index in [1.54, 1.807) is 19.4 Å². The third kappa shape index (κ3) is 4.26. The van der Waals surface area contributed by atoms with Crippen LogP contribution in [0, 0.1) is 13.8 Å². The number of pyridine rings is 2. The molecule has 0 aliphatic rings. The lowest BCUT2D eigenvalue weighted by atomic mass is 10.1. The second-order valence-corrected chi connectivity index (χ2v) is 6.46. The summed E-state index contributed by atoms with van der Waals surface area (Å²) in [4.78, 5) is 25.4. The number of ether oxygens (including phenoxy) is 1. The Hall–Kier alpha value is -2.64. The fourth-order valence-electron chi connectivity index (χ4n) is 2.42. The number of methoxy groups -OCH3 is 1. The number of hydrogen-bond donors (Lipinski definition) is 1. The second-order valence-electron chi connectivity index (χ2n) is 5.60. The molecule has 128 valence electrons. The van der Waals surface area contributed by atoms with Gasteiger partial charge in [0.25, 0.3) is 5.91 Å². The number of nitrogens with zero attached hydrogens (tertiary/aromatic N) is 3. The van der Waals surface area contributed by atoms with Crippen LogP contribution >= 0.6 is 11.3 Å². The van der Waals surface area contributed by atoms with Crippen molar-refractivity contribution in [2.75, 3.05) is 12.4 Å². The molecular formula is C18H18N4O2S. The molecule has 0 bridgehead atoms. The fourth-order valence-corrected chi connectivity index (χ4v) is 3.11. The van der Waals surface area contributed by atoms with E-state index in [1.165, 1.54) is 11.3 Å². The van der Waals surface area contributed by atoms with Crippen molar-refractivity contribution in [2.45, 2.75) is 20.5 Å². The molecule has 1 N–H and O–H groups in total. The topological polar surface area (TPSA) is 77.0 Å². The summed E-state index contributed by atoms with van der Waals surface area (Å²) in [5, 5.41) is 5.18. The molecule has 0 saturated heterocycles. The van der Waals surface area contributed by atoms with Crippen LogP contribution in [0.3, 0.4) is 0 Å². The Kier molecular flexibility index (Phi) is 5.16. The van der Waals surface area contributed by atoms with Crippen molar-refractivity contribution in [1.82, 2.24) is 15.0 Å². The number of hydrogen-bond acceptors (Lipinski definition) is 6. The molecule has 25 heavy (non-hydrogen) atoms. The Balaban J connectivity index is 1.85. The molecule has 0 aliphatic carbocycles. The second kappa shape index (κ2) is 7.50. The summed E-state index contributed by atoms with van der Waals surface area (Å²) >= 11 is 1.36. The standard InChI is InChI=1S/C18H18N4O2S/c1-11-6-13(4-5-19-11)14-7-12(2)20-16(8-14)17(23)22-18-21-15(9-24-3)10-25-18/h4-8,10H,9H2,1-3H3,(H,21,22,23). The number of amides is 1. The predicted octanol–water partition coefficient (Wildman–Crippen LogP) is 3.62. The zero-order valence-corrected chi connectivity index (χ0v) is 15.1. The normalized spacial score (nSPS) is 10.7. The van der Waals surface area contributed by atoms with Crippen molar-refractivity contribution in [3.8, 4) is 11.1 Å². The number of thiazole rings is 1. The average Bonchev–Trinajstić information content (AvgIpc) is 3.01. The number of carbonyl (C=O) groups is 1. The van der Waals surface area contributed by atoms with Crippen molar-refractivity contribution in [3.05, 3.63) is 58.6 Å². The smallest absolute Gasteiger partial charge is 0.276 e. The highest BCUT2D eigenvalue weighted by Crippen LogP contribution is 2.22. The minimum atomic E-state index is -0.283. The molecule has 0 atom stereocenters. The van der Waals surface area contributed by atoms with Gasteiger partial charge in [-0.2, -0.15) is 0 Å². The van der Waals surface area contributed by atoms with Gasteiger partial charge in [0.2, 0.25) is 0 Å². The van der Waals surface area contributed by atoms with Gasteiger partial charge in [0, 0.05) is 30.1 Å².